The lowest BCUT2D eigenvalue weighted by atomic mass is 10.1. The van der Waals surface area contributed by atoms with Crippen molar-refractivity contribution in [2.24, 2.45) is 0 Å². The monoisotopic (exact) mass is 351 g/mol. The molecule has 1 aliphatic rings. The zero-order chi connectivity index (χ0) is 17.1. The third kappa shape index (κ3) is 3.78. The summed E-state index contributed by atoms with van der Waals surface area (Å²) in [7, 11) is 0. The first-order chi connectivity index (χ1) is 12.3. The molecule has 0 radical (unpaired) electrons. The van der Waals surface area contributed by atoms with Gasteiger partial charge in [-0.05, 0) is 49.4 Å². The largest absolute Gasteiger partial charge is 0.340 e. The van der Waals surface area contributed by atoms with Gasteiger partial charge in [-0.2, -0.15) is 0 Å². The van der Waals surface area contributed by atoms with E-state index in [0.717, 1.165) is 48.1 Å². The van der Waals surface area contributed by atoms with Crippen LogP contribution < -0.4 is 10.6 Å². The van der Waals surface area contributed by atoms with Gasteiger partial charge in [0, 0.05) is 47.2 Å². The van der Waals surface area contributed by atoms with E-state index >= 15 is 0 Å². The average Bonchev–Trinajstić information content (AvgIpc) is 3.19. The Morgan fingerprint density at radius 1 is 1.04 bits per heavy atom. The summed E-state index contributed by atoms with van der Waals surface area (Å²) in [6.45, 7) is 1.92. The fourth-order valence-electron chi connectivity index (χ4n) is 2.94. The molecule has 2 aromatic heterocycles. The van der Waals surface area contributed by atoms with E-state index in [1.54, 1.807) is 12.4 Å². The second-order valence-electron chi connectivity index (χ2n) is 6.05. The van der Waals surface area contributed by atoms with Gasteiger partial charge in [-0.3, -0.25) is 4.98 Å². The van der Waals surface area contributed by atoms with Crippen LogP contribution in [0.3, 0.4) is 0 Å². The molecule has 6 heteroatoms. The van der Waals surface area contributed by atoms with E-state index in [1.807, 2.05) is 42.5 Å². The molecule has 5 nitrogen and oxygen atoms in total. The van der Waals surface area contributed by atoms with Crippen molar-refractivity contribution in [3.05, 3.63) is 65.7 Å². The summed E-state index contributed by atoms with van der Waals surface area (Å²) in [6.07, 6.45) is 4.61. The smallest absolute Gasteiger partial charge is 0.135 e. The molecule has 1 atom stereocenters. The summed E-state index contributed by atoms with van der Waals surface area (Å²) in [5, 5.41) is 7.45. The summed E-state index contributed by atoms with van der Waals surface area (Å²) >= 11 is 5.96. The van der Waals surface area contributed by atoms with Crippen molar-refractivity contribution in [1.82, 2.24) is 20.3 Å². The van der Waals surface area contributed by atoms with Crippen LogP contribution in [0.25, 0.3) is 11.3 Å². The highest BCUT2D eigenvalue weighted by Crippen LogP contribution is 2.27. The summed E-state index contributed by atoms with van der Waals surface area (Å²) < 4.78 is 0. The van der Waals surface area contributed by atoms with E-state index in [9.17, 15) is 0 Å². The van der Waals surface area contributed by atoms with E-state index in [1.165, 1.54) is 0 Å². The van der Waals surface area contributed by atoms with E-state index in [2.05, 4.69) is 15.6 Å². The lowest BCUT2D eigenvalue weighted by Gasteiger charge is -2.13. The second-order valence-corrected chi connectivity index (χ2v) is 6.49. The van der Waals surface area contributed by atoms with Gasteiger partial charge in [-0.1, -0.05) is 11.6 Å². The molecule has 25 heavy (non-hydrogen) atoms. The van der Waals surface area contributed by atoms with Gasteiger partial charge >= 0.3 is 0 Å². The Morgan fingerprint density at radius 2 is 1.84 bits per heavy atom. The van der Waals surface area contributed by atoms with Crippen molar-refractivity contribution in [2.45, 2.75) is 12.3 Å². The molecule has 0 saturated carbocycles. The van der Waals surface area contributed by atoms with Crippen LogP contribution in [-0.2, 0) is 0 Å². The first kappa shape index (κ1) is 16.0. The number of anilines is 2. The second kappa shape index (κ2) is 7.17. The Bertz CT molecular complexity index is 845. The predicted molar refractivity (Wildman–Crippen MR) is 100 cm³/mol. The molecule has 1 fully saturated rings. The number of nitrogens with zero attached hydrogens (tertiary/aromatic N) is 3. The van der Waals surface area contributed by atoms with Gasteiger partial charge < -0.3 is 10.6 Å². The number of hydrogen-bond donors (Lipinski definition) is 2. The fraction of sp³-hybridized carbons (Fsp3) is 0.211. The van der Waals surface area contributed by atoms with Crippen LogP contribution in [0.2, 0.25) is 5.02 Å². The van der Waals surface area contributed by atoms with Crippen LogP contribution in [0.5, 0.6) is 0 Å². The Labute approximate surface area is 151 Å². The Morgan fingerprint density at radius 3 is 2.56 bits per heavy atom. The standard InChI is InChI=1S/C19H18ClN5/c20-15-1-3-16(4-2-15)23-18-11-17(13-5-8-21-9-6-13)24-19(25-18)14-7-10-22-12-14/h1-6,8-9,11,14,22H,7,10,12H2,(H,23,24,25). The van der Waals surface area contributed by atoms with Crippen molar-refractivity contribution in [2.75, 3.05) is 18.4 Å². The van der Waals surface area contributed by atoms with Crippen molar-refractivity contribution in [1.29, 1.82) is 0 Å². The third-order valence-electron chi connectivity index (χ3n) is 4.26. The Balaban J connectivity index is 1.71. The SMILES string of the molecule is Clc1ccc(Nc2cc(-c3ccncc3)nc(C3CCNC3)n2)cc1. The average molecular weight is 352 g/mol. The number of hydrogen-bond acceptors (Lipinski definition) is 5. The van der Waals surface area contributed by atoms with Crippen LogP contribution in [-0.4, -0.2) is 28.0 Å². The number of benzene rings is 1. The summed E-state index contributed by atoms with van der Waals surface area (Å²) in [5.41, 5.74) is 2.87. The van der Waals surface area contributed by atoms with Crippen molar-refractivity contribution in [3.8, 4) is 11.3 Å². The lowest BCUT2D eigenvalue weighted by Crippen LogP contribution is -2.11. The highest BCUT2D eigenvalue weighted by molar-refractivity contribution is 6.30. The van der Waals surface area contributed by atoms with Gasteiger partial charge in [0.25, 0.3) is 0 Å². The van der Waals surface area contributed by atoms with E-state index < -0.39 is 0 Å². The van der Waals surface area contributed by atoms with Gasteiger partial charge in [0.05, 0.1) is 5.69 Å². The Kier molecular flexibility index (Phi) is 4.59. The Hall–Kier alpha value is -2.50. The normalized spacial score (nSPS) is 16.8. The molecule has 2 N–H and O–H groups in total. The summed E-state index contributed by atoms with van der Waals surface area (Å²) in [6, 6.07) is 13.5. The molecule has 126 valence electrons. The molecule has 1 unspecified atom stereocenters. The number of halogens is 1. The van der Waals surface area contributed by atoms with Crippen LogP contribution in [0.4, 0.5) is 11.5 Å². The highest BCUT2D eigenvalue weighted by atomic mass is 35.5. The quantitative estimate of drug-likeness (QED) is 0.743. The van der Waals surface area contributed by atoms with Gasteiger partial charge in [0.1, 0.15) is 11.6 Å². The molecule has 0 bridgehead atoms. The van der Waals surface area contributed by atoms with Crippen LogP contribution in [0, 0.1) is 0 Å². The first-order valence-electron chi connectivity index (χ1n) is 8.30. The van der Waals surface area contributed by atoms with Crippen molar-refractivity contribution < 1.29 is 0 Å². The highest BCUT2D eigenvalue weighted by Gasteiger charge is 2.21. The lowest BCUT2D eigenvalue weighted by molar-refractivity contribution is 0.704. The molecular weight excluding hydrogens is 334 g/mol. The first-order valence-corrected chi connectivity index (χ1v) is 8.68. The molecule has 1 aromatic carbocycles. The van der Waals surface area contributed by atoms with Gasteiger partial charge in [-0.25, -0.2) is 9.97 Å². The zero-order valence-electron chi connectivity index (χ0n) is 13.6. The third-order valence-corrected chi connectivity index (χ3v) is 4.51. The number of rotatable bonds is 4. The molecule has 3 heterocycles. The summed E-state index contributed by atoms with van der Waals surface area (Å²) in [4.78, 5) is 13.6. The van der Waals surface area contributed by atoms with E-state index in [4.69, 9.17) is 21.6 Å². The maximum absolute atomic E-state index is 5.96. The zero-order valence-corrected chi connectivity index (χ0v) is 14.4. The molecule has 0 aliphatic carbocycles. The number of aromatic nitrogens is 3. The minimum atomic E-state index is 0.340. The van der Waals surface area contributed by atoms with E-state index in [-0.39, 0.29) is 0 Å². The topological polar surface area (TPSA) is 62.7 Å². The molecule has 0 amide bonds. The van der Waals surface area contributed by atoms with Gasteiger partial charge in [0.2, 0.25) is 0 Å². The minimum absolute atomic E-state index is 0.340. The molecule has 1 saturated heterocycles. The molecule has 1 aliphatic heterocycles. The van der Waals surface area contributed by atoms with Crippen LogP contribution >= 0.6 is 11.6 Å². The van der Waals surface area contributed by atoms with Crippen molar-refractivity contribution in [3.63, 3.8) is 0 Å². The molecular formula is C19H18ClN5. The summed E-state index contributed by atoms with van der Waals surface area (Å²) in [5.74, 6) is 1.99. The van der Waals surface area contributed by atoms with Crippen LogP contribution in [0.15, 0.2) is 54.9 Å². The molecule has 4 rings (SSSR count). The minimum Gasteiger partial charge on any atom is -0.340 e. The molecule has 0 spiro atoms. The van der Waals surface area contributed by atoms with Crippen molar-refractivity contribution >= 4 is 23.1 Å². The molecule has 3 aromatic rings. The maximum atomic E-state index is 5.96. The van der Waals surface area contributed by atoms with Gasteiger partial charge in [-0.15, -0.1) is 0 Å². The van der Waals surface area contributed by atoms with Gasteiger partial charge in [0.15, 0.2) is 0 Å². The van der Waals surface area contributed by atoms with E-state index in [0.29, 0.717) is 10.9 Å². The predicted octanol–water partition coefficient (Wildman–Crippen LogP) is 4.01. The number of nitrogens with one attached hydrogen (secondary N) is 2. The van der Waals surface area contributed by atoms with Crippen LogP contribution in [0.1, 0.15) is 18.2 Å². The fourth-order valence-corrected chi connectivity index (χ4v) is 3.07. The maximum Gasteiger partial charge on any atom is 0.135 e. The number of pyridine rings is 1.